The van der Waals surface area contributed by atoms with E-state index in [0.29, 0.717) is 25.6 Å². The Hall–Kier alpha value is -2.10. The first-order valence-electron chi connectivity index (χ1n) is 7.96. The molecule has 0 aliphatic rings. The average molecular weight is 477 g/mol. The molecule has 142 valence electrons. The van der Waals surface area contributed by atoms with Gasteiger partial charge in [0.2, 0.25) is 0 Å². The molecule has 0 unspecified atom stereocenters. The Morgan fingerprint density at radius 1 is 1.15 bits per heavy atom. The van der Waals surface area contributed by atoms with E-state index < -0.39 is 11.6 Å². The van der Waals surface area contributed by atoms with Gasteiger partial charge in [-0.1, -0.05) is 12.1 Å². The zero-order valence-corrected chi connectivity index (χ0v) is 16.7. The van der Waals surface area contributed by atoms with Crippen LogP contribution in [0, 0.1) is 11.6 Å². The number of aromatic hydroxyl groups is 1. The van der Waals surface area contributed by atoms with Gasteiger partial charge >= 0.3 is 0 Å². The predicted octanol–water partition coefficient (Wildman–Crippen LogP) is 3.42. The van der Waals surface area contributed by atoms with Crippen molar-refractivity contribution < 1.29 is 18.6 Å². The van der Waals surface area contributed by atoms with Crippen LogP contribution in [0.5, 0.6) is 11.5 Å². The van der Waals surface area contributed by atoms with Crippen molar-refractivity contribution in [3.63, 3.8) is 0 Å². The lowest BCUT2D eigenvalue weighted by Crippen LogP contribution is -2.39. The number of hydrogen-bond donors (Lipinski definition) is 3. The molecule has 0 spiro atoms. The highest BCUT2D eigenvalue weighted by Crippen LogP contribution is 2.17. The molecule has 5 nitrogen and oxygen atoms in total. The Bertz CT molecular complexity index is 729. The summed E-state index contributed by atoms with van der Waals surface area (Å²) >= 11 is 0. The van der Waals surface area contributed by atoms with Crippen LogP contribution in [0.25, 0.3) is 0 Å². The van der Waals surface area contributed by atoms with Crippen molar-refractivity contribution in [1.29, 1.82) is 0 Å². The first kappa shape index (κ1) is 21.9. The molecule has 8 heteroatoms. The first-order chi connectivity index (χ1) is 12.1. The summed E-state index contributed by atoms with van der Waals surface area (Å²) in [7, 11) is 0. The summed E-state index contributed by atoms with van der Waals surface area (Å²) in [5, 5.41) is 15.6. The van der Waals surface area contributed by atoms with E-state index in [9.17, 15) is 13.9 Å². The van der Waals surface area contributed by atoms with Gasteiger partial charge in [0.25, 0.3) is 0 Å². The van der Waals surface area contributed by atoms with E-state index in [4.69, 9.17) is 4.74 Å². The van der Waals surface area contributed by atoms with Crippen LogP contribution in [0.1, 0.15) is 12.5 Å². The largest absolute Gasteiger partial charge is 0.508 e. The van der Waals surface area contributed by atoms with Crippen molar-refractivity contribution in [3.05, 3.63) is 59.7 Å². The second kappa shape index (κ2) is 11.5. The predicted molar refractivity (Wildman–Crippen MR) is 108 cm³/mol. The summed E-state index contributed by atoms with van der Waals surface area (Å²) in [4.78, 5) is 4.40. The summed E-state index contributed by atoms with van der Waals surface area (Å²) in [5.74, 6) is -0.597. The minimum Gasteiger partial charge on any atom is -0.508 e. The Balaban J connectivity index is 0.00000338. The second-order valence-corrected chi connectivity index (χ2v) is 5.22. The molecular weight excluding hydrogens is 455 g/mol. The molecule has 0 amide bonds. The number of rotatable bonds is 7. The molecule has 0 atom stereocenters. The molecule has 0 aliphatic heterocycles. The van der Waals surface area contributed by atoms with E-state index in [2.05, 4.69) is 15.6 Å². The van der Waals surface area contributed by atoms with E-state index in [1.165, 1.54) is 6.07 Å². The molecular formula is C18H22F2IN3O2. The Kier molecular flexibility index (Phi) is 9.71. The van der Waals surface area contributed by atoms with Crippen LogP contribution in [-0.4, -0.2) is 30.8 Å². The topological polar surface area (TPSA) is 65.9 Å². The van der Waals surface area contributed by atoms with Gasteiger partial charge in [-0.25, -0.2) is 13.8 Å². The number of hydrogen-bond acceptors (Lipinski definition) is 3. The van der Waals surface area contributed by atoms with E-state index >= 15 is 0 Å². The number of nitrogens with one attached hydrogen (secondary N) is 2. The molecule has 2 aromatic carbocycles. The van der Waals surface area contributed by atoms with Crippen molar-refractivity contribution >= 4 is 29.9 Å². The molecule has 0 saturated heterocycles. The number of nitrogens with zero attached hydrogens (tertiary/aromatic N) is 1. The van der Waals surface area contributed by atoms with Gasteiger partial charge in [0, 0.05) is 12.6 Å². The van der Waals surface area contributed by atoms with Gasteiger partial charge in [0.15, 0.2) is 17.5 Å². The van der Waals surface area contributed by atoms with E-state index in [1.807, 2.05) is 13.0 Å². The van der Waals surface area contributed by atoms with Gasteiger partial charge in [-0.3, -0.25) is 0 Å². The van der Waals surface area contributed by atoms with Crippen molar-refractivity contribution in [1.82, 2.24) is 10.6 Å². The van der Waals surface area contributed by atoms with Crippen molar-refractivity contribution in [3.8, 4) is 11.5 Å². The number of aliphatic imine (C=N–C) groups is 1. The highest BCUT2D eigenvalue weighted by Gasteiger charge is 2.05. The number of benzene rings is 2. The number of phenolic OH excluding ortho intramolecular Hbond substituents is 1. The van der Waals surface area contributed by atoms with Crippen LogP contribution in [0.2, 0.25) is 0 Å². The zero-order chi connectivity index (χ0) is 18.1. The second-order valence-electron chi connectivity index (χ2n) is 5.22. The van der Waals surface area contributed by atoms with Crippen LogP contribution in [0.3, 0.4) is 0 Å². The molecule has 0 saturated carbocycles. The Morgan fingerprint density at radius 3 is 2.65 bits per heavy atom. The van der Waals surface area contributed by atoms with E-state index in [0.717, 1.165) is 17.7 Å². The van der Waals surface area contributed by atoms with Crippen molar-refractivity contribution in [2.75, 3.05) is 19.7 Å². The third-order valence-electron chi connectivity index (χ3n) is 3.22. The normalized spacial score (nSPS) is 10.8. The SMILES string of the molecule is CCNC(=NCc1cccc(O)c1)NCCOc1ccc(F)cc1F.I. The van der Waals surface area contributed by atoms with E-state index in [1.54, 1.807) is 18.2 Å². The summed E-state index contributed by atoms with van der Waals surface area (Å²) in [5.41, 5.74) is 0.877. The molecule has 0 aromatic heterocycles. The van der Waals surface area contributed by atoms with Crippen LogP contribution in [0.4, 0.5) is 8.78 Å². The lowest BCUT2D eigenvalue weighted by atomic mass is 10.2. The van der Waals surface area contributed by atoms with Gasteiger partial charge in [-0.15, -0.1) is 24.0 Å². The summed E-state index contributed by atoms with van der Waals surface area (Å²) < 4.78 is 31.6. The van der Waals surface area contributed by atoms with Gasteiger partial charge in [0.1, 0.15) is 18.2 Å². The lowest BCUT2D eigenvalue weighted by Gasteiger charge is -2.12. The van der Waals surface area contributed by atoms with Gasteiger partial charge in [0.05, 0.1) is 13.1 Å². The average Bonchev–Trinajstić information content (AvgIpc) is 2.58. The zero-order valence-electron chi connectivity index (χ0n) is 14.3. The minimum absolute atomic E-state index is 0. The van der Waals surface area contributed by atoms with Crippen molar-refractivity contribution in [2.45, 2.75) is 13.5 Å². The molecule has 26 heavy (non-hydrogen) atoms. The molecule has 0 heterocycles. The van der Waals surface area contributed by atoms with Crippen LogP contribution < -0.4 is 15.4 Å². The van der Waals surface area contributed by atoms with E-state index in [-0.39, 0.29) is 42.1 Å². The maximum absolute atomic E-state index is 13.5. The highest BCUT2D eigenvalue weighted by atomic mass is 127. The minimum atomic E-state index is -0.732. The molecule has 0 bridgehead atoms. The quantitative estimate of drug-likeness (QED) is 0.248. The fourth-order valence-electron chi connectivity index (χ4n) is 2.09. The summed E-state index contributed by atoms with van der Waals surface area (Å²) in [6, 6.07) is 10.1. The van der Waals surface area contributed by atoms with Crippen LogP contribution in [-0.2, 0) is 6.54 Å². The number of guanidine groups is 1. The molecule has 2 rings (SSSR count). The fourth-order valence-corrected chi connectivity index (χ4v) is 2.09. The van der Waals surface area contributed by atoms with Gasteiger partial charge in [-0.2, -0.15) is 0 Å². The third kappa shape index (κ3) is 7.42. The lowest BCUT2D eigenvalue weighted by molar-refractivity contribution is 0.304. The standard InChI is InChI=1S/C18H21F2N3O2.HI/c1-2-21-18(23-12-13-4-3-5-15(24)10-13)22-8-9-25-17-7-6-14(19)11-16(17)20;/h3-7,10-11,24H,2,8-9,12H2,1H3,(H2,21,22,23);1H. The molecule has 0 aliphatic carbocycles. The fraction of sp³-hybridized carbons (Fsp3) is 0.278. The van der Waals surface area contributed by atoms with Crippen LogP contribution in [0.15, 0.2) is 47.5 Å². The summed E-state index contributed by atoms with van der Waals surface area (Å²) in [6.07, 6.45) is 0. The number of ether oxygens (including phenoxy) is 1. The number of halogens is 3. The smallest absolute Gasteiger partial charge is 0.191 e. The van der Waals surface area contributed by atoms with Gasteiger partial charge < -0.3 is 20.5 Å². The summed E-state index contributed by atoms with van der Waals surface area (Å²) in [6.45, 7) is 3.61. The maximum Gasteiger partial charge on any atom is 0.191 e. The van der Waals surface area contributed by atoms with Crippen LogP contribution >= 0.6 is 24.0 Å². The third-order valence-corrected chi connectivity index (χ3v) is 3.22. The molecule has 3 N–H and O–H groups in total. The first-order valence-corrected chi connectivity index (χ1v) is 7.96. The Labute approximate surface area is 168 Å². The highest BCUT2D eigenvalue weighted by molar-refractivity contribution is 14.0. The van der Waals surface area contributed by atoms with Gasteiger partial charge in [-0.05, 0) is 36.8 Å². The number of phenols is 1. The maximum atomic E-state index is 13.5. The Morgan fingerprint density at radius 2 is 1.96 bits per heavy atom. The van der Waals surface area contributed by atoms with Crippen molar-refractivity contribution in [2.24, 2.45) is 4.99 Å². The monoisotopic (exact) mass is 477 g/mol. The molecule has 2 aromatic rings. The molecule has 0 radical (unpaired) electrons. The molecule has 0 fully saturated rings.